The van der Waals surface area contributed by atoms with Crippen molar-refractivity contribution >= 4 is 0 Å². The van der Waals surface area contributed by atoms with Crippen LogP contribution in [0.4, 0.5) is 0 Å². The van der Waals surface area contributed by atoms with E-state index in [2.05, 4.69) is 53.7 Å². The van der Waals surface area contributed by atoms with Crippen molar-refractivity contribution in [2.24, 2.45) is 0 Å². The van der Waals surface area contributed by atoms with Crippen LogP contribution in [-0.2, 0) is 5.41 Å². The number of benzene rings is 1. The molecular weight excluding hydrogens is 156 g/mol. The van der Waals surface area contributed by atoms with E-state index >= 15 is 0 Å². The molecule has 0 unspecified atom stereocenters. The van der Waals surface area contributed by atoms with Gasteiger partial charge in [0.25, 0.3) is 0 Å². The minimum Gasteiger partial charge on any atom is -0.0587 e. The molecular formula is C13H20. The van der Waals surface area contributed by atoms with Crippen LogP contribution in [0.25, 0.3) is 0 Å². The van der Waals surface area contributed by atoms with Gasteiger partial charge in [0.1, 0.15) is 0 Å². The highest BCUT2D eigenvalue weighted by Gasteiger charge is 2.17. The van der Waals surface area contributed by atoms with Gasteiger partial charge in [0.05, 0.1) is 0 Å². The van der Waals surface area contributed by atoms with Crippen LogP contribution in [0.3, 0.4) is 0 Å². The Bertz CT molecular complexity index is 314. The molecule has 0 saturated heterocycles. The highest BCUT2D eigenvalue weighted by Crippen LogP contribution is 2.28. The van der Waals surface area contributed by atoms with Gasteiger partial charge in [-0.05, 0) is 48.4 Å². The third-order valence-corrected chi connectivity index (χ3v) is 2.87. The van der Waals surface area contributed by atoms with E-state index in [1.807, 2.05) is 0 Å². The summed E-state index contributed by atoms with van der Waals surface area (Å²) in [6.07, 6.45) is 0. The van der Waals surface area contributed by atoms with Crippen molar-refractivity contribution < 1.29 is 0 Å². The molecule has 0 aliphatic rings. The molecule has 72 valence electrons. The van der Waals surface area contributed by atoms with Crippen molar-refractivity contribution in [3.05, 3.63) is 34.4 Å². The van der Waals surface area contributed by atoms with Gasteiger partial charge in [-0.25, -0.2) is 0 Å². The molecule has 0 N–H and O–H groups in total. The van der Waals surface area contributed by atoms with Gasteiger partial charge in [-0.15, -0.1) is 0 Å². The largest absolute Gasteiger partial charge is 0.0587 e. The van der Waals surface area contributed by atoms with E-state index in [-0.39, 0.29) is 5.41 Å². The second-order valence-corrected chi connectivity index (χ2v) is 4.93. The molecule has 13 heavy (non-hydrogen) atoms. The lowest BCUT2D eigenvalue weighted by Gasteiger charge is -2.23. The van der Waals surface area contributed by atoms with Crippen LogP contribution in [-0.4, -0.2) is 0 Å². The highest BCUT2D eigenvalue weighted by atomic mass is 14.2. The molecule has 1 rings (SSSR count). The van der Waals surface area contributed by atoms with E-state index in [9.17, 15) is 0 Å². The molecule has 1 aromatic rings. The van der Waals surface area contributed by atoms with Crippen LogP contribution in [0.15, 0.2) is 12.1 Å². The van der Waals surface area contributed by atoms with Crippen LogP contribution < -0.4 is 0 Å². The molecule has 0 amide bonds. The molecule has 0 nitrogen and oxygen atoms in total. The lowest BCUT2D eigenvalue weighted by atomic mass is 9.82. The Kier molecular flexibility index (Phi) is 2.51. The lowest BCUT2D eigenvalue weighted by molar-refractivity contribution is 0.585. The zero-order valence-electron chi connectivity index (χ0n) is 9.65. The van der Waals surface area contributed by atoms with Crippen LogP contribution >= 0.6 is 0 Å². The quantitative estimate of drug-likeness (QED) is 0.562. The maximum atomic E-state index is 2.27. The Morgan fingerprint density at radius 3 is 1.85 bits per heavy atom. The standard InChI is InChI=1S/C13H20/c1-9-7-8-12(13(4,5)6)11(3)10(9)2/h7-8H,1-6H3. The number of aryl methyl sites for hydroxylation is 1. The van der Waals surface area contributed by atoms with Crippen molar-refractivity contribution in [3.8, 4) is 0 Å². The Morgan fingerprint density at radius 1 is 0.846 bits per heavy atom. The maximum Gasteiger partial charge on any atom is -0.0129 e. The first-order valence-electron chi connectivity index (χ1n) is 4.91. The fourth-order valence-electron chi connectivity index (χ4n) is 1.77. The zero-order valence-corrected chi connectivity index (χ0v) is 9.65. The lowest BCUT2D eigenvalue weighted by Crippen LogP contribution is -2.13. The van der Waals surface area contributed by atoms with E-state index in [0.29, 0.717) is 0 Å². The number of hydrogen-bond donors (Lipinski definition) is 0. The van der Waals surface area contributed by atoms with Gasteiger partial charge in [-0.1, -0.05) is 32.9 Å². The summed E-state index contributed by atoms with van der Waals surface area (Å²) in [5.41, 5.74) is 6.02. The summed E-state index contributed by atoms with van der Waals surface area (Å²) in [5.74, 6) is 0. The summed E-state index contributed by atoms with van der Waals surface area (Å²) in [4.78, 5) is 0. The summed E-state index contributed by atoms with van der Waals surface area (Å²) in [5, 5.41) is 0. The predicted octanol–water partition coefficient (Wildman–Crippen LogP) is 3.91. The average molecular weight is 176 g/mol. The monoisotopic (exact) mass is 176 g/mol. The Hall–Kier alpha value is -0.780. The fourth-order valence-corrected chi connectivity index (χ4v) is 1.77. The van der Waals surface area contributed by atoms with Gasteiger partial charge in [0.2, 0.25) is 0 Å². The molecule has 0 radical (unpaired) electrons. The summed E-state index contributed by atoms with van der Waals surface area (Å²) in [6, 6.07) is 4.49. The summed E-state index contributed by atoms with van der Waals surface area (Å²) in [6.45, 7) is 13.4. The van der Waals surface area contributed by atoms with E-state index in [1.165, 1.54) is 22.3 Å². The topological polar surface area (TPSA) is 0 Å². The zero-order chi connectivity index (χ0) is 10.2. The summed E-state index contributed by atoms with van der Waals surface area (Å²) >= 11 is 0. The smallest absolute Gasteiger partial charge is 0.0129 e. The maximum absolute atomic E-state index is 2.27. The molecule has 0 aliphatic heterocycles. The van der Waals surface area contributed by atoms with Crippen molar-refractivity contribution in [2.75, 3.05) is 0 Å². The predicted molar refractivity (Wildman–Crippen MR) is 59.4 cm³/mol. The minimum atomic E-state index is 0.266. The highest BCUT2D eigenvalue weighted by molar-refractivity contribution is 5.41. The van der Waals surface area contributed by atoms with Gasteiger partial charge in [0, 0.05) is 0 Å². The summed E-state index contributed by atoms with van der Waals surface area (Å²) < 4.78 is 0. The third kappa shape index (κ3) is 1.93. The van der Waals surface area contributed by atoms with Gasteiger partial charge < -0.3 is 0 Å². The molecule has 1 aromatic carbocycles. The number of rotatable bonds is 0. The molecule has 0 heterocycles. The van der Waals surface area contributed by atoms with E-state index < -0.39 is 0 Å². The van der Waals surface area contributed by atoms with Crippen molar-refractivity contribution in [1.82, 2.24) is 0 Å². The summed E-state index contributed by atoms with van der Waals surface area (Å²) in [7, 11) is 0. The van der Waals surface area contributed by atoms with Crippen molar-refractivity contribution in [1.29, 1.82) is 0 Å². The Labute approximate surface area is 82.0 Å². The fraction of sp³-hybridized carbons (Fsp3) is 0.538. The molecule has 0 saturated carbocycles. The molecule has 0 aromatic heterocycles. The van der Waals surface area contributed by atoms with Crippen LogP contribution in [0.1, 0.15) is 43.0 Å². The average Bonchev–Trinajstić information content (AvgIpc) is 1.98. The molecule has 0 atom stereocenters. The van der Waals surface area contributed by atoms with Gasteiger partial charge in [-0.3, -0.25) is 0 Å². The second-order valence-electron chi connectivity index (χ2n) is 4.93. The van der Waals surface area contributed by atoms with Crippen LogP contribution in [0, 0.1) is 20.8 Å². The van der Waals surface area contributed by atoms with E-state index in [4.69, 9.17) is 0 Å². The van der Waals surface area contributed by atoms with Gasteiger partial charge in [0.15, 0.2) is 0 Å². The second kappa shape index (κ2) is 3.17. The van der Waals surface area contributed by atoms with Crippen molar-refractivity contribution in [2.45, 2.75) is 47.0 Å². The van der Waals surface area contributed by atoms with Gasteiger partial charge >= 0.3 is 0 Å². The SMILES string of the molecule is Cc1ccc(C(C)(C)C)c(C)c1C. The molecule has 0 aliphatic carbocycles. The first-order valence-corrected chi connectivity index (χ1v) is 4.91. The molecule has 0 spiro atoms. The number of hydrogen-bond acceptors (Lipinski definition) is 0. The van der Waals surface area contributed by atoms with E-state index in [0.717, 1.165) is 0 Å². The van der Waals surface area contributed by atoms with Crippen molar-refractivity contribution in [3.63, 3.8) is 0 Å². The first-order chi connectivity index (χ1) is 5.84. The van der Waals surface area contributed by atoms with Gasteiger partial charge in [-0.2, -0.15) is 0 Å². The molecule has 0 bridgehead atoms. The Balaban J connectivity index is 3.35. The van der Waals surface area contributed by atoms with E-state index in [1.54, 1.807) is 0 Å². The van der Waals surface area contributed by atoms with Crippen LogP contribution in [0.2, 0.25) is 0 Å². The first kappa shape index (κ1) is 10.3. The minimum absolute atomic E-state index is 0.266. The normalized spacial score (nSPS) is 11.8. The molecule has 0 fully saturated rings. The van der Waals surface area contributed by atoms with Crippen LogP contribution in [0.5, 0.6) is 0 Å². The third-order valence-electron chi connectivity index (χ3n) is 2.87. The Morgan fingerprint density at radius 2 is 1.38 bits per heavy atom. The molecule has 0 heteroatoms.